The van der Waals surface area contributed by atoms with E-state index in [2.05, 4.69) is 15.7 Å². The second-order valence-electron chi connectivity index (χ2n) is 3.95. The lowest BCUT2D eigenvalue weighted by molar-refractivity contribution is -0.124. The van der Waals surface area contributed by atoms with Gasteiger partial charge in [0.15, 0.2) is 0 Å². The Kier molecular flexibility index (Phi) is 4.98. The molecule has 1 amide bonds. The van der Waals surface area contributed by atoms with Crippen molar-refractivity contribution in [2.45, 2.75) is 13.3 Å². The van der Waals surface area contributed by atoms with Crippen LogP contribution in [-0.4, -0.2) is 35.8 Å². The summed E-state index contributed by atoms with van der Waals surface area (Å²) in [5.41, 5.74) is 1.13. The summed E-state index contributed by atoms with van der Waals surface area (Å²) >= 11 is 0. The molecule has 2 N–H and O–H groups in total. The largest absolute Gasteiger partial charge is 0.355 e. The summed E-state index contributed by atoms with van der Waals surface area (Å²) in [5.74, 6) is 0.105. The monoisotopic (exact) mass is 224 g/mol. The molecule has 5 nitrogen and oxygen atoms in total. The average Bonchev–Trinajstić information content (AvgIpc) is 2.65. The fraction of sp³-hybridized carbons (Fsp3) is 0.636. The third kappa shape index (κ3) is 3.66. The van der Waals surface area contributed by atoms with E-state index >= 15 is 0 Å². The molecule has 1 aromatic heterocycles. The van der Waals surface area contributed by atoms with Crippen LogP contribution in [0.3, 0.4) is 0 Å². The van der Waals surface area contributed by atoms with Gasteiger partial charge in [-0.25, -0.2) is 0 Å². The number of aryl methyl sites for hydroxylation is 1. The molecule has 5 heteroatoms. The molecule has 0 aliphatic carbocycles. The molecule has 0 bridgehead atoms. The number of hydrogen-bond donors (Lipinski definition) is 2. The SMILES string of the molecule is CNCC(C)C(=O)NCCc1ccnn1C. The number of nitrogens with zero attached hydrogens (tertiary/aromatic N) is 2. The molecule has 1 atom stereocenters. The van der Waals surface area contributed by atoms with E-state index in [1.54, 1.807) is 6.20 Å². The molecule has 1 unspecified atom stereocenters. The Labute approximate surface area is 96.2 Å². The van der Waals surface area contributed by atoms with Crippen LogP contribution in [0.25, 0.3) is 0 Å². The first-order valence-corrected chi connectivity index (χ1v) is 5.54. The highest BCUT2D eigenvalue weighted by Crippen LogP contribution is 1.97. The number of amides is 1. The maximum absolute atomic E-state index is 11.6. The predicted molar refractivity (Wildman–Crippen MR) is 63.0 cm³/mol. The molecule has 0 spiro atoms. The van der Waals surface area contributed by atoms with Crippen molar-refractivity contribution in [2.75, 3.05) is 20.1 Å². The van der Waals surface area contributed by atoms with E-state index in [-0.39, 0.29) is 11.8 Å². The molecule has 1 rings (SSSR count). The standard InChI is InChI=1S/C11H20N4O/c1-9(8-12-2)11(16)13-6-4-10-5-7-14-15(10)3/h5,7,9,12H,4,6,8H2,1-3H3,(H,13,16). The Morgan fingerprint density at radius 3 is 2.94 bits per heavy atom. The van der Waals surface area contributed by atoms with Gasteiger partial charge in [-0.2, -0.15) is 5.10 Å². The molecule has 0 aliphatic heterocycles. The third-order valence-corrected chi connectivity index (χ3v) is 2.56. The van der Waals surface area contributed by atoms with Crippen molar-refractivity contribution >= 4 is 5.91 Å². The molecule has 1 aromatic rings. The highest BCUT2D eigenvalue weighted by molar-refractivity contribution is 5.78. The van der Waals surface area contributed by atoms with Gasteiger partial charge in [-0.15, -0.1) is 0 Å². The van der Waals surface area contributed by atoms with Crippen molar-refractivity contribution in [3.8, 4) is 0 Å². The summed E-state index contributed by atoms with van der Waals surface area (Å²) < 4.78 is 1.82. The lowest BCUT2D eigenvalue weighted by Crippen LogP contribution is -2.35. The van der Waals surface area contributed by atoms with Gasteiger partial charge in [0.1, 0.15) is 0 Å². The van der Waals surface area contributed by atoms with Gasteiger partial charge in [0.25, 0.3) is 0 Å². The first-order chi connectivity index (χ1) is 7.65. The van der Waals surface area contributed by atoms with Gasteiger partial charge < -0.3 is 10.6 Å². The predicted octanol–water partition coefficient (Wildman–Crippen LogP) is -0.0657. The Hall–Kier alpha value is -1.36. The first kappa shape index (κ1) is 12.7. The van der Waals surface area contributed by atoms with Crippen LogP contribution in [0.5, 0.6) is 0 Å². The van der Waals surface area contributed by atoms with Gasteiger partial charge in [-0.3, -0.25) is 9.48 Å². The highest BCUT2D eigenvalue weighted by Gasteiger charge is 2.10. The van der Waals surface area contributed by atoms with Gasteiger partial charge in [-0.05, 0) is 13.1 Å². The van der Waals surface area contributed by atoms with Crippen LogP contribution in [0.1, 0.15) is 12.6 Å². The number of carbonyl (C=O) groups is 1. The fourth-order valence-electron chi connectivity index (χ4n) is 1.53. The molecule has 1 heterocycles. The fourth-order valence-corrected chi connectivity index (χ4v) is 1.53. The Morgan fingerprint density at radius 2 is 2.38 bits per heavy atom. The van der Waals surface area contributed by atoms with Crippen molar-refractivity contribution in [2.24, 2.45) is 13.0 Å². The van der Waals surface area contributed by atoms with Crippen LogP contribution in [0.15, 0.2) is 12.3 Å². The molecule has 0 saturated carbocycles. The number of nitrogens with one attached hydrogen (secondary N) is 2. The minimum Gasteiger partial charge on any atom is -0.355 e. The number of aromatic nitrogens is 2. The van der Waals surface area contributed by atoms with Crippen molar-refractivity contribution in [3.05, 3.63) is 18.0 Å². The van der Waals surface area contributed by atoms with Crippen molar-refractivity contribution in [1.29, 1.82) is 0 Å². The third-order valence-electron chi connectivity index (χ3n) is 2.56. The molecule has 0 aromatic carbocycles. The summed E-state index contributed by atoms with van der Waals surface area (Å²) in [6.07, 6.45) is 2.58. The molecule has 0 fully saturated rings. The molecule has 0 saturated heterocycles. The van der Waals surface area contributed by atoms with Crippen LogP contribution in [0.4, 0.5) is 0 Å². The first-order valence-electron chi connectivity index (χ1n) is 5.54. The van der Waals surface area contributed by atoms with Crippen LogP contribution in [0.2, 0.25) is 0 Å². The smallest absolute Gasteiger partial charge is 0.224 e. The van der Waals surface area contributed by atoms with E-state index in [0.717, 1.165) is 12.1 Å². The van der Waals surface area contributed by atoms with Crippen LogP contribution >= 0.6 is 0 Å². The van der Waals surface area contributed by atoms with E-state index in [1.807, 2.05) is 31.8 Å². The van der Waals surface area contributed by atoms with Crippen molar-refractivity contribution < 1.29 is 4.79 Å². The topological polar surface area (TPSA) is 59.0 Å². The zero-order chi connectivity index (χ0) is 12.0. The van der Waals surface area contributed by atoms with Gasteiger partial charge in [0.2, 0.25) is 5.91 Å². The summed E-state index contributed by atoms with van der Waals surface area (Å²) in [6.45, 7) is 3.28. The number of rotatable bonds is 6. The quantitative estimate of drug-likeness (QED) is 0.711. The molecule has 0 aliphatic rings. The zero-order valence-corrected chi connectivity index (χ0v) is 10.2. The van der Waals surface area contributed by atoms with Crippen LogP contribution in [-0.2, 0) is 18.3 Å². The van der Waals surface area contributed by atoms with E-state index in [1.165, 1.54) is 0 Å². The minimum atomic E-state index is 0.0107. The molecule has 90 valence electrons. The van der Waals surface area contributed by atoms with Crippen LogP contribution in [0, 0.1) is 5.92 Å². The molecular formula is C11H20N4O. The Balaban J connectivity index is 2.25. The highest BCUT2D eigenvalue weighted by atomic mass is 16.1. The maximum atomic E-state index is 11.6. The number of hydrogen-bond acceptors (Lipinski definition) is 3. The lowest BCUT2D eigenvalue weighted by atomic mass is 10.1. The Morgan fingerprint density at radius 1 is 1.62 bits per heavy atom. The second kappa shape index (κ2) is 6.27. The van der Waals surface area contributed by atoms with Crippen molar-refractivity contribution in [1.82, 2.24) is 20.4 Å². The minimum absolute atomic E-state index is 0.0107. The van der Waals surface area contributed by atoms with Crippen molar-refractivity contribution in [3.63, 3.8) is 0 Å². The zero-order valence-electron chi connectivity index (χ0n) is 10.2. The van der Waals surface area contributed by atoms with Gasteiger partial charge >= 0.3 is 0 Å². The van der Waals surface area contributed by atoms with E-state index in [0.29, 0.717) is 13.1 Å². The van der Waals surface area contributed by atoms with Gasteiger partial charge in [0.05, 0.1) is 0 Å². The molecule has 0 radical (unpaired) electrons. The maximum Gasteiger partial charge on any atom is 0.224 e. The van der Waals surface area contributed by atoms with E-state index in [4.69, 9.17) is 0 Å². The summed E-state index contributed by atoms with van der Waals surface area (Å²) in [4.78, 5) is 11.6. The average molecular weight is 224 g/mol. The van der Waals surface area contributed by atoms with E-state index in [9.17, 15) is 4.79 Å². The summed E-state index contributed by atoms with van der Waals surface area (Å²) in [6, 6.07) is 1.96. The summed E-state index contributed by atoms with van der Waals surface area (Å²) in [5, 5.41) is 9.97. The van der Waals surface area contributed by atoms with Gasteiger partial charge in [-0.1, -0.05) is 6.92 Å². The normalized spacial score (nSPS) is 12.4. The molecule has 16 heavy (non-hydrogen) atoms. The Bertz CT molecular complexity index is 334. The molecular weight excluding hydrogens is 204 g/mol. The second-order valence-corrected chi connectivity index (χ2v) is 3.95. The van der Waals surface area contributed by atoms with Crippen LogP contribution < -0.4 is 10.6 Å². The van der Waals surface area contributed by atoms with E-state index < -0.39 is 0 Å². The summed E-state index contributed by atoms with van der Waals surface area (Å²) in [7, 11) is 3.75. The van der Waals surface area contributed by atoms with Gasteiger partial charge in [0, 0.05) is 44.4 Å². The lowest BCUT2D eigenvalue weighted by Gasteiger charge is -2.11. The number of carbonyl (C=O) groups excluding carboxylic acids is 1.